The SMILES string of the molecule is C[C@H](NCCCCOCCNc1nc2cc(C(N)=O)ccc2c2cnccc12)c1cccc(Cl)c1. The first-order chi connectivity index (χ1) is 17.0. The number of pyridine rings is 2. The molecule has 4 aromatic rings. The lowest BCUT2D eigenvalue weighted by Crippen LogP contribution is -2.20. The maximum Gasteiger partial charge on any atom is 0.248 e. The summed E-state index contributed by atoms with van der Waals surface area (Å²) >= 11 is 6.07. The third-order valence-electron chi connectivity index (χ3n) is 5.93. The number of nitrogens with one attached hydrogen (secondary N) is 2. The van der Waals surface area contributed by atoms with Crippen LogP contribution in [0, 0.1) is 0 Å². The highest BCUT2D eigenvalue weighted by atomic mass is 35.5. The number of primary amides is 1. The standard InChI is InChI=1S/C27H30ClN5O2/c1-18(19-5-4-6-21(28)15-19)31-10-2-3-13-35-14-12-32-27-23-9-11-30-17-24(23)22-8-7-20(26(29)34)16-25(22)33-27/h4-9,11,15-18,31H,2-3,10,12-14H2,1H3,(H2,29,34)(H,32,33)/t18-/m0/s1. The molecule has 0 fully saturated rings. The molecule has 182 valence electrons. The molecule has 1 amide bonds. The first-order valence-corrected chi connectivity index (χ1v) is 12.2. The van der Waals surface area contributed by atoms with Crippen molar-refractivity contribution < 1.29 is 9.53 Å². The molecule has 0 saturated heterocycles. The number of carbonyl (C=O) groups is 1. The van der Waals surface area contributed by atoms with Crippen LogP contribution < -0.4 is 16.4 Å². The second kappa shape index (κ2) is 11.9. The third-order valence-corrected chi connectivity index (χ3v) is 6.17. The lowest BCUT2D eigenvalue weighted by atomic mass is 10.1. The van der Waals surface area contributed by atoms with Gasteiger partial charge < -0.3 is 21.1 Å². The maximum absolute atomic E-state index is 11.6. The molecule has 0 bridgehead atoms. The molecular formula is C27H30ClN5O2. The van der Waals surface area contributed by atoms with Crippen molar-refractivity contribution in [2.24, 2.45) is 5.73 Å². The number of nitrogens with zero attached hydrogens (tertiary/aromatic N) is 2. The number of amides is 1. The number of ether oxygens (including phenoxy) is 1. The Morgan fingerprint density at radius 2 is 1.94 bits per heavy atom. The molecule has 0 radical (unpaired) electrons. The van der Waals surface area contributed by atoms with Crippen molar-refractivity contribution in [1.29, 1.82) is 0 Å². The van der Waals surface area contributed by atoms with Gasteiger partial charge in [0, 0.05) is 58.3 Å². The van der Waals surface area contributed by atoms with E-state index in [1.807, 2.05) is 36.5 Å². The molecule has 0 aliphatic carbocycles. The van der Waals surface area contributed by atoms with Crippen LogP contribution in [0.15, 0.2) is 60.9 Å². The van der Waals surface area contributed by atoms with Crippen molar-refractivity contribution in [1.82, 2.24) is 15.3 Å². The topological polar surface area (TPSA) is 102 Å². The van der Waals surface area contributed by atoms with Gasteiger partial charge in [0.05, 0.1) is 12.1 Å². The van der Waals surface area contributed by atoms with Crippen molar-refractivity contribution in [3.63, 3.8) is 0 Å². The van der Waals surface area contributed by atoms with E-state index >= 15 is 0 Å². The first-order valence-electron chi connectivity index (χ1n) is 11.8. The molecule has 4 rings (SSSR count). The Hall–Kier alpha value is -3.26. The van der Waals surface area contributed by atoms with E-state index in [0.29, 0.717) is 30.8 Å². The smallest absolute Gasteiger partial charge is 0.248 e. The fourth-order valence-corrected chi connectivity index (χ4v) is 4.22. The Morgan fingerprint density at radius 3 is 2.77 bits per heavy atom. The maximum atomic E-state index is 11.6. The van der Waals surface area contributed by atoms with Gasteiger partial charge in [-0.1, -0.05) is 29.8 Å². The molecule has 4 N–H and O–H groups in total. The molecule has 0 aliphatic rings. The van der Waals surface area contributed by atoms with Gasteiger partial charge in [0.15, 0.2) is 0 Å². The lowest BCUT2D eigenvalue weighted by molar-refractivity contribution is 0.100. The van der Waals surface area contributed by atoms with Gasteiger partial charge in [-0.3, -0.25) is 9.78 Å². The van der Waals surface area contributed by atoms with Crippen LogP contribution >= 0.6 is 11.6 Å². The van der Waals surface area contributed by atoms with Crippen molar-refractivity contribution in [2.45, 2.75) is 25.8 Å². The van der Waals surface area contributed by atoms with Crippen LogP contribution in [0.25, 0.3) is 21.7 Å². The highest BCUT2D eigenvalue weighted by Crippen LogP contribution is 2.29. The number of nitrogens with two attached hydrogens (primary N) is 1. The zero-order valence-corrected chi connectivity index (χ0v) is 20.5. The van der Waals surface area contributed by atoms with Gasteiger partial charge in [0.25, 0.3) is 0 Å². The zero-order valence-electron chi connectivity index (χ0n) is 19.8. The van der Waals surface area contributed by atoms with Gasteiger partial charge in [0.1, 0.15) is 5.82 Å². The Bertz CT molecular complexity index is 1310. The Labute approximate surface area is 210 Å². The highest BCUT2D eigenvalue weighted by molar-refractivity contribution is 6.30. The summed E-state index contributed by atoms with van der Waals surface area (Å²) in [6.07, 6.45) is 5.57. The number of anilines is 1. The Morgan fingerprint density at radius 1 is 1.06 bits per heavy atom. The number of hydrogen-bond donors (Lipinski definition) is 3. The lowest BCUT2D eigenvalue weighted by Gasteiger charge is -2.14. The number of rotatable bonds is 12. The predicted molar refractivity (Wildman–Crippen MR) is 142 cm³/mol. The largest absolute Gasteiger partial charge is 0.380 e. The molecule has 35 heavy (non-hydrogen) atoms. The second-order valence-corrected chi connectivity index (χ2v) is 8.89. The number of fused-ring (bicyclic) bond motifs is 3. The van der Waals surface area contributed by atoms with E-state index in [9.17, 15) is 4.79 Å². The van der Waals surface area contributed by atoms with Gasteiger partial charge in [-0.15, -0.1) is 0 Å². The van der Waals surface area contributed by atoms with Crippen LogP contribution in [-0.2, 0) is 4.74 Å². The predicted octanol–water partition coefficient (Wildman–Crippen LogP) is 5.09. The first kappa shape index (κ1) is 24.9. The molecular weight excluding hydrogens is 462 g/mol. The molecule has 7 nitrogen and oxygen atoms in total. The van der Waals surface area contributed by atoms with E-state index in [0.717, 1.165) is 46.4 Å². The molecule has 2 aromatic carbocycles. The van der Waals surface area contributed by atoms with Crippen molar-refractivity contribution >= 4 is 45.0 Å². The molecule has 2 heterocycles. The average molecular weight is 492 g/mol. The van der Waals surface area contributed by atoms with E-state index < -0.39 is 5.91 Å². The number of carbonyl (C=O) groups excluding carboxylic acids is 1. The fourth-order valence-electron chi connectivity index (χ4n) is 4.02. The van der Waals surface area contributed by atoms with Gasteiger partial charge in [0.2, 0.25) is 5.91 Å². The normalized spacial score (nSPS) is 12.2. The van der Waals surface area contributed by atoms with Crippen LogP contribution in [0.4, 0.5) is 5.82 Å². The summed E-state index contributed by atoms with van der Waals surface area (Å²) in [7, 11) is 0. The van der Waals surface area contributed by atoms with E-state index in [2.05, 4.69) is 28.6 Å². The van der Waals surface area contributed by atoms with Gasteiger partial charge >= 0.3 is 0 Å². The summed E-state index contributed by atoms with van der Waals surface area (Å²) in [6.45, 7) is 4.95. The molecule has 0 spiro atoms. The molecule has 0 aliphatic heterocycles. The fraction of sp³-hybridized carbons (Fsp3) is 0.296. The van der Waals surface area contributed by atoms with Gasteiger partial charge in [-0.05, 0) is 62.2 Å². The molecule has 8 heteroatoms. The average Bonchev–Trinajstić information content (AvgIpc) is 2.87. The Kier molecular flexibility index (Phi) is 8.47. The summed E-state index contributed by atoms with van der Waals surface area (Å²) in [5.74, 6) is 0.260. The number of aromatic nitrogens is 2. The zero-order chi connectivity index (χ0) is 24.6. The molecule has 1 atom stereocenters. The summed E-state index contributed by atoms with van der Waals surface area (Å²) in [6, 6.07) is 15.4. The minimum Gasteiger partial charge on any atom is -0.380 e. The van der Waals surface area contributed by atoms with Gasteiger partial charge in [-0.2, -0.15) is 0 Å². The Balaban J connectivity index is 1.23. The monoisotopic (exact) mass is 491 g/mol. The van der Waals surface area contributed by atoms with E-state index in [4.69, 9.17) is 27.1 Å². The summed E-state index contributed by atoms with van der Waals surface area (Å²) in [5.41, 5.74) is 7.76. The van der Waals surface area contributed by atoms with Crippen LogP contribution in [0.2, 0.25) is 5.02 Å². The molecule has 2 aromatic heterocycles. The second-order valence-electron chi connectivity index (χ2n) is 8.45. The van der Waals surface area contributed by atoms with E-state index in [1.165, 1.54) is 5.56 Å². The third kappa shape index (κ3) is 6.45. The van der Waals surface area contributed by atoms with Gasteiger partial charge in [-0.25, -0.2) is 4.98 Å². The number of halogens is 1. The van der Waals surface area contributed by atoms with Crippen LogP contribution in [-0.4, -0.2) is 42.2 Å². The van der Waals surface area contributed by atoms with Crippen molar-refractivity contribution in [3.8, 4) is 0 Å². The minimum absolute atomic E-state index is 0.261. The van der Waals surface area contributed by atoms with Crippen LogP contribution in [0.1, 0.15) is 41.7 Å². The summed E-state index contributed by atoms with van der Waals surface area (Å²) < 4.78 is 5.80. The van der Waals surface area contributed by atoms with Crippen LogP contribution in [0.5, 0.6) is 0 Å². The van der Waals surface area contributed by atoms with E-state index in [-0.39, 0.29) is 6.04 Å². The highest BCUT2D eigenvalue weighted by Gasteiger charge is 2.10. The number of hydrogen-bond acceptors (Lipinski definition) is 6. The molecule has 0 saturated carbocycles. The quantitative estimate of drug-likeness (QED) is 0.188. The van der Waals surface area contributed by atoms with E-state index in [1.54, 1.807) is 18.3 Å². The number of unbranched alkanes of at least 4 members (excludes halogenated alkanes) is 1. The molecule has 0 unspecified atom stereocenters. The number of benzene rings is 2. The van der Waals surface area contributed by atoms with Crippen LogP contribution in [0.3, 0.4) is 0 Å². The summed E-state index contributed by atoms with van der Waals surface area (Å²) in [4.78, 5) is 20.6. The summed E-state index contributed by atoms with van der Waals surface area (Å²) in [5, 5.41) is 10.5. The van der Waals surface area contributed by atoms with Crippen molar-refractivity contribution in [2.75, 3.05) is 31.6 Å². The minimum atomic E-state index is -0.475. The van der Waals surface area contributed by atoms with Crippen molar-refractivity contribution in [3.05, 3.63) is 77.1 Å².